The Labute approximate surface area is 121 Å². The van der Waals surface area contributed by atoms with Gasteiger partial charge in [0.25, 0.3) is 0 Å². The molecule has 0 bridgehead atoms. The Morgan fingerprint density at radius 1 is 1.00 bits per heavy atom. The molecule has 0 radical (unpaired) electrons. The monoisotopic (exact) mass is 294 g/mol. The SMILES string of the molecule is CC(=O)c1ccc(Oc2ccc(Cl)c(C)c2)cc1Cl. The second kappa shape index (κ2) is 5.64. The molecule has 0 unspecified atom stereocenters. The van der Waals surface area contributed by atoms with Crippen LogP contribution in [0.2, 0.25) is 10.0 Å². The maximum atomic E-state index is 11.3. The van der Waals surface area contributed by atoms with Gasteiger partial charge in [0, 0.05) is 16.7 Å². The van der Waals surface area contributed by atoms with Crippen molar-refractivity contribution in [1.29, 1.82) is 0 Å². The molecule has 2 aromatic carbocycles. The maximum absolute atomic E-state index is 11.3. The average molecular weight is 295 g/mol. The fraction of sp³-hybridized carbons (Fsp3) is 0.133. The van der Waals surface area contributed by atoms with E-state index in [1.807, 2.05) is 13.0 Å². The summed E-state index contributed by atoms with van der Waals surface area (Å²) >= 11 is 12.0. The number of carbonyl (C=O) groups excluding carboxylic acids is 1. The second-order valence-electron chi connectivity index (χ2n) is 4.21. The summed E-state index contributed by atoms with van der Waals surface area (Å²) in [6.45, 7) is 3.38. The van der Waals surface area contributed by atoms with E-state index in [0.717, 1.165) is 5.56 Å². The molecule has 0 amide bonds. The highest BCUT2D eigenvalue weighted by molar-refractivity contribution is 6.34. The molecule has 0 fully saturated rings. The van der Waals surface area contributed by atoms with Crippen LogP contribution in [-0.4, -0.2) is 5.78 Å². The third-order valence-corrected chi connectivity index (χ3v) is 3.42. The number of hydrogen-bond donors (Lipinski definition) is 0. The zero-order valence-corrected chi connectivity index (χ0v) is 12.0. The predicted octanol–water partition coefficient (Wildman–Crippen LogP) is 5.30. The lowest BCUT2D eigenvalue weighted by Gasteiger charge is -2.08. The number of benzene rings is 2. The van der Waals surface area contributed by atoms with Crippen molar-refractivity contribution in [1.82, 2.24) is 0 Å². The highest BCUT2D eigenvalue weighted by Gasteiger charge is 2.07. The highest BCUT2D eigenvalue weighted by atomic mass is 35.5. The molecular formula is C15H12Cl2O2. The largest absolute Gasteiger partial charge is 0.457 e. The van der Waals surface area contributed by atoms with Crippen molar-refractivity contribution in [2.75, 3.05) is 0 Å². The third kappa shape index (κ3) is 3.28. The van der Waals surface area contributed by atoms with Crippen LogP contribution < -0.4 is 4.74 Å². The van der Waals surface area contributed by atoms with Crippen LogP contribution in [0, 0.1) is 6.92 Å². The van der Waals surface area contributed by atoms with Gasteiger partial charge in [-0.1, -0.05) is 23.2 Å². The number of rotatable bonds is 3. The smallest absolute Gasteiger partial charge is 0.161 e. The van der Waals surface area contributed by atoms with Crippen LogP contribution in [-0.2, 0) is 0 Å². The van der Waals surface area contributed by atoms with E-state index >= 15 is 0 Å². The van der Waals surface area contributed by atoms with E-state index in [2.05, 4.69) is 0 Å². The van der Waals surface area contributed by atoms with Gasteiger partial charge in [-0.05, 0) is 49.7 Å². The Morgan fingerprint density at radius 3 is 2.21 bits per heavy atom. The number of halogens is 2. The van der Waals surface area contributed by atoms with Gasteiger partial charge in [0.05, 0.1) is 5.02 Å². The normalized spacial score (nSPS) is 10.3. The Kier molecular flexibility index (Phi) is 4.13. The molecule has 0 saturated carbocycles. The van der Waals surface area contributed by atoms with Crippen LogP contribution in [0.1, 0.15) is 22.8 Å². The number of ketones is 1. The van der Waals surface area contributed by atoms with Crippen LogP contribution in [0.5, 0.6) is 11.5 Å². The lowest BCUT2D eigenvalue weighted by Crippen LogP contribution is -1.94. The Bertz CT molecular complexity index is 636. The van der Waals surface area contributed by atoms with Crippen molar-refractivity contribution >= 4 is 29.0 Å². The van der Waals surface area contributed by atoms with Crippen molar-refractivity contribution in [3.05, 3.63) is 57.6 Å². The number of carbonyl (C=O) groups is 1. The minimum Gasteiger partial charge on any atom is -0.457 e. The molecule has 19 heavy (non-hydrogen) atoms. The first-order valence-electron chi connectivity index (χ1n) is 5.72. The van der Waals surface area contributed by atoms with Crippen LogP contribution >= 0.6 is 23.2 Å². The van der Waals surface area contributed by atoms with Crippen LogP contribution in [0.4, 0.5) is 0 Å². The molecule has 2 aromatic rings. The fourth-order valence-electron chi connectivity index (χ4n) is 1.66. The Morgan fingerprint density at radius 2 is 1.63 bits per heavy atom. The summed E-state index contributed by atoms with van der Waals surface area (Å²) < 4.78 is 5.68. The first-order chi connectivity index (χ1) is 8.97. The molecular weight excluding hydrogens is 283 g/mol. The topological polar surface area (TPSA) is 26.3 Å². The van der Waals surface area contributed by atoms with Crippen molar-refractivity contribution in [2.45, 2.75) is 13.8 Å². The van der Waals surface area contributed by atoms with Crippen molar-refractivity contribution in [3.8, 4) is 11.5 Å². The van der Waals surface area contributed by atoms with Gasteiger partial charge in [-0.3, -0.25) is 4.79 Å². The van der Waals surface area contributed by atoms with Gasteiger partial charge in [0.15, 0.2) is 5.78 Å². The minimum absolute atomic E-state index is 0.0705. The van der Waals surface area contributed by atoms with Crippen molar-refractivity contribution < 1.29 is 9.53 Å². The average Bonchev–Trinajstić information content (AvgIpc) is 2.33. The molecule has 0 aliphatic rings. The quantitative estimate of drug-likeness (QED) is 0.718. The molecule has 0 aliphatic heterocycles. The van der Waals surface area contributed by atoms with E-state index < -0.39 is 0 Å². The fourth-order valence-corrected chi connectivity index (χ4v) is 2.08. The highest BCUT2D eigenvalue weighted by Crippen LogP contribution is 2.29. The van der Waals surface area contributed by atoms with Crippen molar-refractivity contribution in [3.63, 3.8) is 0 Å². The van der Waals surface area contributed by atoms with E-state index in [0.29, 0.717) is 27.1 Å². The van der Waals surface area contributed by atoms with Gasteiger partial charge in [0.1, 0.15) is 11.5 Å². The summed E-state index contributed by atoms with van der Waals surface area (Å²) in [6.07, 6.45) is 0. The van der Waals surface area contributed by atoms with Gasteiger partial charge in [-0.15, -0.1) is 0 Å². The minimum atomic E-state index is -0.0705. The van der Waals surface area contributed by atoms with Gasteiger partial charge < -0.3 is 4.74 Å². The Hall–Kier alpha value is -1.51. The van der Waals surface area contributed by atoms with E-state index in [4.69, 9.17) is 27.9 Å². The molecule has 0 aliphatic carbocycles. The van der Waals surface area contributed by atoms with Crippen molar-refractivity contribution in [2.24, 2.45) is 0 Å². The maximum Gasteiger partial charge on any atom is 0.161 e. The summed E-state index contributed by atoms with van der Waals surface area (Å²) in [6, 6.07) is 10.4. The zero-order chi connectivity index (χ0) is 14.0. The van der Waals surface area contributed by atoms with Gasteiger partial charge in [0.2, 0.25) is 0 Å². The van der Waals surface area contributed by atoms with Gasteiger partial charge in [-0.2, -0.15) is 0 Å². The summed E-state index contributed by atoms with van der Waals surface area (Å²) in [7, 11) is 0. The predicted molar refractivity (Wildman–Crippen MR) is 77.7 cm³/mol. The summed E-state index contributed by atoms with van der Waals surface area (Å²) in [5, 5.41) is 1.08. The Balaban J connectivity index is 2.26. The van der Waals surface area contributed by atoms with Crippen LogP contribution in [0.15, 0.2) is 36.4 Å². The molecule has 2 rings (SSSR count). The van der Waals surface area contributed by atoms with E-state index in [9.17, 15) is 4.79 Å². The summed E-state index contributed by atoms with van der Waals surface area (Å²) in [5.41, 5.74) is 1.42. The van der Waals surface area contributed by atoms with Crippen LogP contribution in [0.25, 0.3) is 0 Å². The zero-order valence-electron chi connectivity index (χ0n) is 10.5. The van der Waals surface area contributed by atoms with Crippen LogP contribution in [0.3, 0.4) is 0 Å². The number of Topliss-reactive ketones (excluding diaryl/α,β-unsaturated/α-hetero) is 1. The first-order valence-corrected chi connectivity index (χ1v) is 6.47. The lowest BCUT2D eigenvalue weighted by atomic mass is 10.1. The van der Waals surface area contributed by atoms with Gasteiger partial charge >= 0.3 is 0 Å². The molecule has 0 aromatic heterocycles. The number of ether oxygens (including phenoxy) is 1. The molecule has 0 atom stereocenters. The molecule has 2 nitrogen and oxygen atoms in total. The third-order valence-electron chi connectivity index (χ3n) is 2.68. The molecule has 0 spiro atoms. The molecule has 98 valence electrons. The van der Waals surface area contributed by atoms with E-state index in [-0.39, 0.29) is 5.78 Å². The molecule has 0 saturated heterocycles. The van der Waals surface area contributed by atoms with E-state index in [1.54, 1.807) is 30.3 Å². The van der Waals surface area contributed by atoms with E-state index in [1.165, 1.54) is 6.92 Å². The summed E-state index contributed by atoms with van der Waals surface area (Å²) in [5.74, 6) is 1.18. The number of hydrogen-bond acceptors (Lipinski definition) is 2. The van der Waals surface area contributed by atoms with Gasteiger partial charge in [-0.25, -0.2) is 0 Å². The summed E-state index contributed by atoms with van der Waals surface area (Å²) in [4.78, 5) is 11.3. The molecule has 0 heterocycles. The first kappa shape index (κ1) is 13.9. The molecule has 4 heteroatoms. The molecule has 0 N–H and O–H groups in total. The number of aryl methyl sites for hydroxylation is 1. The lowest BCUT2D eigenvalue weighted by molar-refractivity contribution is 0.101. The standard InChI is InChI=1S/C15H12Cl2O2/c1-9-7-11(4-6-14(9)16)19-12-3-5-13(10(2)18)15(17)8-12/h3-8H,1-2H3. The second-order valence-corrected chi connectivity index (χ2v) is 5.03.